The Morgan fingerprint density at radius 3 is 2.89 bits per heavy atom. The van der Waals surface area contributed by atoms with E-state index in [0.717, 1.165) is 53.9 Å². The van der Waals surface area contributed by atoms with E-state index in [1.807, 2.05) is 38.1 Å². The summed E-state index contributed by atoms with van der Waals surface area (Å²) in [5.41, 5.74) is 2.65. The Morgan fingerprint density at radius 2 is 2.11 bits per heavy atom. The van der Waals surface area contributed by atoms with Crippen molar-refractivity contribution in [3.8, 4) is 0 Å². The van der Waals surface area contributed by atoms with Gasteiger partial charge in [0.15, 0.2) is 0 Å². The van der Waals surface area contributed by atoms with Gasteiger partial charge in [0.25, 0.3) is 0 Å². The largest absolute Gasteiger partial charge is 0.468 e. The molecule has 6 heteroatoms. The second kappa shape index (κ2) is 7.64. The molecule has 4 rings (SSSR count). The van der Waals surface area contributed by atoms with Crippen LogP contribution in [-0.2, 0) is 11.3 Å². The van der Waals surface area contributed by atoms with Gasteiger partial charge in [-0.3, -0.25) is 9.69 Å². The molecule has 0 spiro atoms. The van der Waals surface area contributed by atoms with E-state index < -0.39 is 0 Å². The number of carbonyl (C=O) groups is 1. The lowest BCUT2D eigenvalue weighted by molar-refractivity contribution is -0.121. The Bertz CT molecular complexity index is 1050. The smallest absolute Gasteiger partial charge is 0.336 e. The Kier molecular flexibility index (Phi) is 5.05. The molecule has 1 aromatic carbocycles. The molecule has 146 valence electrons. The van der Waals surface area contributed by atoms with E-state index in [-0.39, 0.29) is 17.5 Å². The van der Waals surface area contributed by atoms with Crippen molar-refractivity contribution < 1.29 is 13.6 Å². The number of likely N-dealkylation sites (tertiary alicyclic amines) is 1. The first-order valence-electron chi connectivity index (χ1n) is 9.60. The summed E-state index contributed by atoms with van der Waals surface area (Å²) in [6.07, 6.45) is 3.54. The van der Waals surface area contributed by atoms with Crippen LogP contribution in [0.25, 0.3) is 11.0 Å². The summed E-state index contributed by atoms with van der Waals surface area (Å²) in [5, 5.41) is 3.92. The lowest BCUT2D eigenvalue weighted by Crippen LogP contribution is -2.40. The predicted octanol–water partition coefficient (Wildman–Crippen LogP) is 3.85. The molecule has 3 heterocycles. The fourth-order valence-electron chi connectivity index (χ4n) is 3.87. The highest BCUT2D eigenvalue weighted by atomic mass is 16.4. The van der Waals surface area contributed by atoms with Gasteiger partial charge in [-0.05, 0) is 68.6 Å². The van der Waals surface area contributed by atoms with Crippen molar-refractivity contribution in [2.24, 2.45) is 5.92 Å². The quantitative estimate of drug-likeness (QED) is 0.696. The summed E-state index contributed by atoms with van der Waals surface area (Å²) in [6, 6.07) is 9.02. The Hall–Kier alpha value is -2.86. The zero-order chi connectivity index (χ0) is 19.7. The number of hydrogen-bond donors (Lipinski definition) is 1. The highest BCUT2D eigenvalue weighted by Gasteiger charge is 2.26. The van der Waals surface area contributed by atoms with Gasteiger partial charge in [-0.2, -0.15) is 0 Å². The first-order valence-corrected chi connectivity index (χ1v) is 9.60. The standard InChI is InChI=1S/C22H24N2O4/c1-14-10-21(25)28-20-9-15(2)19(11-18(14)20)23-22(26)16-5-3-7-24(12-16)13-17-6-4-8-27-17/h4,6,8-11,16H,3,5,7,12-13H2,1-2H3,(H,23,26). The van der Waals surface area contributed by atoms with E-state index in [1.165, 1.54) is 6.07 Å². The molecular weight excluding hydrogens is 356 g/mol. The highest BCUT2D eigenvalue weighted by Crippen LogP contribution is 2.27. The van der Waals surface area contributed by atoms with E-state index in [2.05, 4.69) is 10.2 Å². The third-order valence-corrected chi connectivity index (χ3v) is 5.39. The molecule has 1 amide bonds. The second-order valence-electron chi connectivity index (χ2n) is 7.55. The van der Waals surface area contributed by atoms with Crippen molar-refractivity contribution in [3.05, 3.63) is 63.9 Å². The van der Waals surface area contributed by atoms with Crippen LogP contribution < -0.4 is 10.9 Å². The summed E-state index contributed by atoms with van der Waals surface area (Å²) in [4.78, 5) is 26.8. The fourth-order valence-corrected chi connectivity index (χ4v) is 3.87. The highest BCUT2D eigenvalue weighted by molar-refractivity contribution is 5.96. The molecule has 6 nitrogen and oxygen atoms in total. The molecule has 1 N–H and O–H groups in total. The number of benzene rings is 1. The number of aryl methyl sites for hydroxylation is 2. The molecule has 1 atom stereocenters. The number of fused-ring (bicyclic) bond motifs is 1. The minimum absolute atomic E-state index is 0.0293. The molecule has 0 radical (unpaired) electrons. The van der Waals surface area contributed by atoms with Crippen LogP contribution in [0.1, 0.15) is 29.7 Å². The van der Waals surface area contributed by atoms with Crippen LogP contribution in [-0.4, -0.2) is 23.9 Å². The van der Waals surface area contributed by atoms with E-state index in [1.54, 1.807) is 6.26 Å². The number of rotatable bonds is 4. The molecule has 1 saturated heterocycles. The lowest BCUT2D eigenvalue weighted by atomic mass is 9.96. The summed E-state index contributed by atoms with van der Waals surface area (Å²) >= 11 is 0. The number of piperidine rings is 1. The fraction of sp³-hybridized carbons (Fsp3) is 0.364. The summed E-state index contributed by atoms with van der Waals surface area (Å²) in [5.74, 6) is 0.888. The Morgan fingerprint density at radius 1 is 1.25 bits per heavy atom. The van der Waals surface area contributed by atoms with Crippen molar-refractivity contribution >= 4 is 22.6 Å². The number of carbonyl (C=O) groups excluding carboxylic acids is 1. The third-order valence-electron chi connectivity index (χ3n) is 5.39. The van der Waals surface area contributed by atoms with Gasteiger partial charge in [0, 0.05) is 23.7 Å². The summed E-state index contributed by atoms with van der Waals surface area (Å²) in [7, 11) is 0. The molecule has 0 aliphatic carbocycles. The Labute approximate surface area is 163 Å². The van der Waals surface area contributed by atoms with Crippen molar-refractivity contribution in [2.45, 2.75) is 33.2 Å². The van der Waals surface area contributed by atoms with Crippen LogP contribution in [0.5, 0.6) is 0 Å². The van der Waals surface area contributed by atoms with Gasteiger partial charge in [-0.25, -0.2) is 4.79 Å². The number of anilines is 1. The normalized spacial score (nSPS) is 17.7. The first kappa shape index (κ1) is 18.5. The number of nitrogens with zero attached hydrogens (tertiary/aromatic N) is 1. The number of hydrogen-bond acceptors (Lipinski definition) is 5. The summed E-state index contributed by atoms with van der Waals surface area (Å²) < 4.78 is 10.7. The number of amides is 1. The minimum Gasteiger partial charge on any atom is -0.468 e. The molecule has 0 bridgehead atoms. The maximum Gasteiger partial charge on any atom is 0.336 e. The average Bonchev–Trinajstić information content (AvgIpc) is 3.16. The molecule has 0 saturated carbocycles. The predicted molar refractivity (Wildman–Crippen MR) is 107 cm³/mol. The van der Waals surface area contributed by atoms with E-state index in [9.17, 15) is 9.59 Å². The van der Waals surface area contributed by atoms with Crippen molar-refractivity contribution in [1.82, 2.24) is 4.90 Å². The molecule has 1 fully saturated rings. The maximum atomic E-state index is 12.9. The van der Waals surface area contributed by atoms with Crippen LogP contribution in [0.15, 0.2) is 50.2 Å². The van der Waals surface area contributed by atoms with Gasteiger partial charge in [0.2, 0.25) is 5.91 Å². The van der Waals surface area contributed by atoms with Gasteiger partial charge in [0.1, 0.15) is 11.3 Å². The van der Waals surface area contributed by atoms with Crippen LogP contribution >= 0.6 is 0 Å². The number of nitrogens with one attached hydrogen (secondary N) is 1. The van der Waals surface area contributed by atoms with Crippen molar-refractivity contribution in [3.63, 3.8) is 0 Å². The maximum absolute atomic E-state index is 12.9. The monoisotopic (exact) mass is 380 g/mol. The third kappa shape index (κ3) is 3.87. The van der Waals surface area contributed by atoms with E-state index >= 15 is 0 Å². The van der Waals surface area contributed by atoms with Gasteiger partial charge < -0.3 is 14.2 Å². The average molecular weight is 380 g/mol. The van der Waals surface area contributed by atoms with Crippen molar-refractivity contribution in [1.29, 1.82) is 0 Å². The second-order valence-corrected chi connectivity index (χ2v) is 7.55. The van der Waals surface area contributed by atoms with Gasteiger partial charge >= 0.3 is 5.63 Å². The summed E-state index contributed by atoms with van der Waals surface area (Å²) in [6.45, 7) is 6.18. The van der Waals surface area contributed by atoms with Crippen LogP contribution in [0, 0.1) is 19.8 Å². The van der Waals surface area contributed by atoms with Crippen LogP contribution in [0.2, 0.25) is 0 Å². The minimum atomic E-state index is -0.361. The molecule has 2 aromatic heterocycles. The van der Waals surface area contributed by atoms with Gasteiger partial charge in [-0.1, -0.05) is 0 Å². The molecular formula is C22H24N2O4. The Balaban J connectivity index is 1.49. The van der Waals surface area contributed by atoms with Crippen molar-refractivity contribution in [2.75, 3.05) is 18.4 Å². The topological polar surface area (TPSA) is 75.7 Å². The molecule has 1 aliphatic rings. The van der Waals surface area contributed by atoms with Crippen LogP contribution in [0.3, 0.4) is 0 Å². The SMILES string of the molecule is Cc1cc2oc(=O)cc(C)c2cc1NC(=O)C1CCCN(Cc2ccco2)C1. The van der Waals surface area contributed by atoms with E-state index in [0.29, 0.717) is 12.1 Å². The van der Waals surface area contributed by atoms with E-state index in [4.69, 9.17) is 8.83 Å². The number of furan rings is 1. The zero-order valence-corrected chi connectivity index (χ0v) is 16.2. The van der Waals surface area contributed by atoms with Crippen LogP contribution in [0.4, 0.5) is 5.69 Å². The molecule has 3 aromatic rings. The first-order chi connectivity index (χ1) is 13.5. The van der Waals surface area contributed by atoms with Gasteiger partial charge in [-0.15, -0.1) is 0 Å². The molecule has 1 unspecified atom stereocenters. The molecule has 1 aliphatic heterocycles. The van der Waals surface area contributed by atoms with Gasteiger partial charge in [0.05, 0.1) is 18.7 Å². The molecule has 28 heavy (non-hydrogen) atoms. The zero-order valence-electron chi connectivity index (χ0n) is 16.2. The lowest BCUT2D eigenvalue weighted by Gasteiger charge is -2.31.